The highest BCUT2D eigenvalue weighted by Crippen LogP contribution is 2.28. The molecule has 33 heavy (non-hydrogen) atoms. The Kier molecular flexibility index (Phi) is 10.1. The summed E-state index contributed by atoms with van der Waals surface area (Å²) in [4.78, 5) is 26.0. The lowest BCUT2D eigenvalue weighted by molar-refractivity contribution is -0.940. The van der Waals surface area contributed by atoms with E-state index in [1.807, 2.05) is 64.1 Å². The number of quaternary nitrogens is 1. The van der Waals surface area contributed by atoms with Gasteiger partial charge in [0.15, 0.2) is 6.54 Å². The Bertz CT molecular complexity index is 912. The van der Waals surface area contributed by atoms with Gasteiger partial charge in [-0.1, -0.05) is 62.4 Å². The van der Waals surface area contributed by atoms with Crippen molar-refractivity contribution >= 4 is 17.6 Å². The van der Waals surface area contributed by atoms with E-state index in [2.05, 4.69) is 17.4 Å². The van der Waals surface area contributed by atoms with E-state index in [4.69, 9.17) is 4.74 Å². The van der Waals surface area contributed by atoms with E-state index >= 15 is 0 Å². The average Bonchev–Trinajstić information content (AvgIpc) is 2.75. The summed E-state index contributed by atoms with van der Waals surface area (Å²) in [7, 11) is 0. The van der Waals surface area contributed by atoms with Crippen LogP contribution < -0.4 is 22.3 Å². The Hall–Kier alpha value is -2.18. The molecule has 1 aliphatic rings. The highest BCUT2D eigenvalue weighted by Gasteiger charge is 2.40. The quantitative estimate of drug-likeness (QED) is 0.430. The molecule has 0 bridgehead atoms. The maximum atomic E-state index is 13.2. The van der Waals surface area contributed by atoms with Crippen molar-refractivity contribution in [1.29, 1.82) is 0 Å². The number of carbonyl (C=O) groups excluding carboxylic acids is 2. The number of hydrogen-bond acceptors (Lipinski definition) is 3. The van der Waals surface area contributed by atoms with Gasteiger partial charge >= 0.3 is 5.97 Å². The van der Waals surface area contributed by atoms with Crippen molar-refractivity contribution in [2.24, 2.45) is 11.8 Å². The molecule has 5 nitrogen and oxygen atoms in total. The first kappa shape index (κ1) is 27.1. The molecule has 2 aromatic carbocycles. The fourth-order valence-corrected chi connectivity index (χ4v) is 4.69. The van der Waals surface area contributed by atoms with Crippen molar-refractivity contribution in [3.63, 3.8) is 0 Å². The first-order chi connectivity index (χ1) is 15.3. The summed E-state index contributed by atoms with van der Waals surface area (Å²) in [5.74, 6) is 0.0205. The molecule has 2 atom stereocenters. The molecule has 0 radical (unpaired) electrons. The number of piperidine rings is 1. The minimum absolute atomic E-state index is 0. The molecule has 3 rings (SSSR count). The van der Waals surface area contributed by atoms with Crippen LogP contribution in [0.3, 0.4) is 0 Å². The first-order valence-electron chi connectivity index (χ1n) is 11.7. The molecule has 2 aromatic rings. The van der Waals surface area contributed by atoms with Gasteiger partial charge in [-0.2, -0.15) is 0 Å². The number of anilines is 1. The van der Waals surface area contributed by atoms with Crippen molar-refractivity contribution in [1.82, 2.24) is 0 Å². The number of benzene rings is 2. The zero-order valence-corrected chi connectivity index (χ0v) is 21.9. The summed E-state index contributed by atoms with van der Waals surface area (Å²) in [5, 5.41) is 3.15. The molecule has 0 saturated carbocycles. The van der Waals surface area contributed by atoms with Gasteiger partial charge in [-0.05, 0) is 43.7 Å². The standard InChI is InChI=1S/C27H36N2O3.BrH/c1-20(2)19-32-27(31)24-14-9-15-29(17-24,16-23-12-6-5-7-13-23)18-25(30)28-26-21(3)10-8-11-22(26)4;/h5-8,10-13,20,24H,9,14-19H2,1-4H3;1H. The van der Waals surface area contributed by atoms with Crippen LogP contribution in [0.15, 0.2) is 48.5 Å². The van der Waals surface area contributed by atoms with E-state index in [0.717, 1.165) is 42.7 Å². The third-order valence-electron chi connectivity index (χ3n) is 6.27. The van der Waals surface area contributed by atoms with Crippen LogP contribution in [0.4, 0.5) is 5.69 Å². The summed E-state index contributed by atoms with van der Waals surface area (Å²) >= 11 is 0. The molecule has 180 valence electrons. The fourth-order valence-electron chi connectivity index (χ4n) is 4.69. The van der Waals surface area contributed by atoms with E-state index in [1.54, 1.807) is 0 Å². The number of likely N-dealkylation sites (tertiary alicyclic amines) is 1. The minimum Gasteiger partial charge on any atom is -1.00 e. The van der Waals surface area contributed by atoms with Gasteiger partial charge in [0.05, 0.1) is 19.7 Å². The van der Waals surface area contributed by atoms with E-state index in [9.17, 15) is 9.59 Å². The van der Waals surface area contributed by atoms with Crippen molar-refractivity contribution in [2.45, 2.75) is 47.1 Å². The Morgan fingerprint density at radius 1 is 1.06 bits per heavy atom. The van der Waals surface area contributed by atoms with Crippen LogP contribution in [0.1, 0.15) is 43.4 Å². The second-order valence-corrected chi connectivity index (χ2v) is 9.73. The zero-order valence-electron chi connectivity index (χ0n) is 20.3. The van der Waals surface area contributed by atoms with E-state index in [-0.39, 0.29) is 34.8 Å². The number of esters is 1. The Labute approximate surface area is 208 Å². The number of amides is 1. The maximum Gasteiger partial charge on any atom is 0.314 e. The van der Waals surface area contributed by atoms with Crippen LogP contribution in [0.5, 0.6) is 0 Å². The van der Waals surface area contributed by atoms with Gasteiger partial charge in [0.1, 0.15) is 12.5 Å². The Morgan fingerprint density at radius 2 is 1.73 bits per heavy atom. The number of nitrogens with zero attached hydrogens (tertiary/aromatic N) is 1. The molecule has 1 amide bonds. The minimum atomic E-state index is -0.167. The second-order valence-electron chi connectivity index (χ2n) is 9.73. The highest BCUT2D eigenvalue weighted by atomic mass is 79.9. The molecule has 1 aliphatic heterocycles. The van der Waals surface area contributed by atoms with Crippen LogP contribution >= 0.6 is 0 Å². The molecule has 2 unspecified atom stereocenters. The number of aryl methyl sites for hydroxylation is 2. The molecule has 0 aliphatic carbocycles. The van der Waals surface area contributed by atoms with E-state index in [0.29, 0.717) is 30.1 Å². The molecule has 0 aromatic heterocycles. The maximum absolute atomic E-state index is 13.2. The topological polar surface area (TPSA) is 55.4 Å². The van der Waals surface area contributed by atoms with E-state index in [1.165, 1.54) is 5.56 Å². The van der Waals surface area contributed by atoms with Crippen molar-refractivity contribution in [3.8, 4) is 0 Å². The highest BCUT2D eigenvalue weighted by molar-refractivity contribution is 5.93. The molecule has 1 heterocycles. The van der Waals surface area contributed by atoms with Gasteiger partial charge in [-0.15, -0.1) is 0 Å². The predicted octanol–water partition coefficient (Wildman–Crippen LogP) is 1.87. The zero-order chi connectivity index (χ0) is 23.1. The molecule has 1 saturated heterocycles. The number of rotatable bonds is 8. The van der Waals surface area contributed by atoms with Crippen molar-refractivity contribution in [3.05, 3.63) is 65.2 Å². The largest absolute Gasteiger partial charge is 1.00 e. The molecule has 1 N–H and O–H groups in total. The molecule has 1 fully saturated rings. The van der Waals surface area contributed by atoms with Crippen molar-refractivity contribution in [2.75, 3.05) is 31.6 Å². The number of halogens is 1. The SMILES string of the molecule is Cc1cccc(C)c1NC(=O)C[N+]1(Cc2ccccc2)CCCC(C(=O)OCC(C)C)C1.[Br-]. The second kappa shape index (κ2) is 12.3. The summed E-state index contributed by atoms with van der Waals surface area (Å²) in [5.41, 5.74) is 4.19. The number of para-hydroxylation sites is 1. The van der Waals surface area contributed by atoms with Gasteiger partial charge in [-0.3, -0.25) is 9.59 Å². The van der Waals surface area contributed by atoms with E-state index < -0.39 is 0 Å². The third kappa shape index (κ3) is 7.68. The van der Waals surface area contributed by atoms with Gasteiger partial charge in [-0.25, -0.2) is 0 Å². The number of ether oxygens (including phenoxy) is 1. The van der Waals surface area contributed by atoms with Crippen LogP contribution in [0.2, 0.25) is 0 Å². The lowest BCUT2D eigenvalue weighted by Crippen LogP contribution is -3.00. The van der Waals surface area contributed by atoms with Crippen LogP contribution in [-0.2, 0) is 20.9 Å². The first-order valence-corrected chi connectivity index (χ1v) is 11.7. The third-order valence-corrected chi connectivity index (χ3v) is 6.27. The Morgan fingerprint density at radius 3 is 2.36 bits per heavy atom. The van der Waals surface area contributed by atoms with Crippen LogP contribution in [0, 0.1) is 25.7 Å². The fraction of sp³-hybridized carbons (Fsp3) is 0.481. The summed E-state index contributed by atoms with van der Waals surface area (Å²) in [6.45, 7) is 11.1. The van der Waals surface area contributed by atoms with Crippen molar-refractivity contribution < 1.29 is 35.8 Å². The van der Waals surface area contributed by atoms with Crippen LogP contribution in [0.25, 0.3) is 0 Å². The lowest BCUT2D eigenvalue weighted by Gasteiger charge is -2.43. The van der Waals surface area contributed by atoms with Gasteiger partial charge in [0.2, 0.25) is 0 Å². The number of hydrogen-bond donors (Lipinski definition) is 1. The molecular weight excluding hydrogens is 480 g/mol. The summed E-state index contributed by atoms with van der Waals surface area (Å²) in [6.07, 6.45) is 1.73. The summed E-state index contributed by atoms with van der Waals surface area (Å²) in [6, 6.07) is 16.3. The smallest absolute Gasteiger partial charge is 0.314 e. The molecular formula is C27H37BrN2O3. The average molecular weight is 518 g/mol. The molecule has 0 spiro atoms. The normalized spacial score (nSPS) is 20.1. The van der Waals surface area contributed by atoms with Crippen LogP contribution in [-0.4, -0.2) is 42.6 Å². The summed E-state index contributed by atoms with van der Waals surface area (Å²) < 4.78 is 6.14. The van der Waals surface area contributed by atoms with Gasteiger partial charge in [0.25, 0.3) is 5.91 Å². The predicted molar refractivity (Wildman–Crippen MR) is 128 cm³/mol. The number of nitrogens with one attached hydrogen (secondary N) is 1. The monoisotopic (exact) mass is 516 g/mol. The lowest BCUT2D eigenvalue weighted by atomic mass is 9.94. The molecule has 6 heteroatoms. The number of carbonyl (C=O) groups is 2. The van der Waals surface area contributed by atoms with Gasteiger partial charge < -0.3 is 31.5 Å². The Balaban J connectivity index is 0.00000385. The van der Waals surface area contributed by atoms with Gasteiger partial charge in [0, 0.05) is 11.3 Å².